The second kappa shape index (κ2) is 10.3. The molecule has 0 amide bonds. The molecule has 0 saturated carbocycles. The van der Waals surface area contributed by atoms with E-state index in [0.717, 1.165) is 5.56 Å². The minimum Gasteiger partial charge on any atom is -0.481 e. The molecule has 190 valence electrons. The van der Waals surface area contributed by atoms with Crippen LogP contribution in [0, 0.1) is 19.7 Å². The fourth-order valence-electron chi connectivity index (χ4n) is 4.40. The van der Waals surface area contributed by atoms with E-state index in [1.165, 1.54) is 28.8 Å². The molecule has 0 fully saturated rings. The third kappa shape index (κ3) is 4.88. The lowest BCUT2D eigenvalue weighted by molar-refractivity contribution is 0.0990. The Hall–Kier alpha value is -4.85. The number of methoxy groups -OCH3 is 1. The summed E-state index contributed by atoms with van der Waals surface area (Å²) in [4.78, 5) is 35.3. The van der Waals surface area contributed by atoms with E-state index in [9.17, 15) is 14.0 Å². The highest BCUT2D eigenvalue weighted by Gasteiger charge is 2.19. The van der Waals surface area contributed by atoms with Crippen molar-refractivity contribution in [1.82, 2.24) is 14.5 Å². The van der Waals surface area contributed by atoms with Crippen molar-refractivity contribution in [3.8, 4) is 23.1 Å². The third-order valence-corrected chi connectivity index (χ3v) is 6.20. The van der Waals surface area contributed by atoms with Gasteiger partial charge in [-0.15, -0.1) is 0 Å². The van der Waals surface area contributed by atoms with Gasteiger partial charge in [-0.2, -0.15) is 0 Å². The number of carbonyl (C=O) groups excluding carboxylic acids is 1. The summed E-state index contributed by atoms with van der Waals surface area (Å²) >= 11 is 0. The van der Waals surface area contributed by atoms with E-state index in [0.29, 0.717) is 45.4 Å². The molecule has 38 heavy (non-hydrogen) atoms. The number of aromatic nitrogens is 3. The second-order valence-corrected chi connectivity index (χ2v) is 8.84. The standard InChI is InChI=1S/C30H24FN3O4/c1-18-16-19(2)34(22-8-6-21(31)7-9-22)30(36)28(18)25(35)17-20-4-10-23(11-5-20)38-26-14-15-32-24-12-13-27(37-3)33-29(24)26/h4-16H,17H2,1-3H3. The molecule has 7 nitrogen and oxygen atoms in total. The zero-order chi connectivity index (χ0) is 26.8. The maximum Gasteiger partial charge on any atom is 0.266 e. The minimum absolute atomic E-state index is 0.0414. The lowest BCUT2D eigenvalue weighted by atomic mass is 9.99. The van der Waals surface area contributed by atoms with Crippen LogP contribution in [-0.4, -0.2) is 27.4 Å². The Balaban J connectivity index is 1.38. The SMILES string of the molecule is COc1ccc2nccc(Oc3ccc(CC(=O)c4c(C)cc(C)n(-c5ccc(F)cc5)c4=O)cc3)c2n1. The van der Waals surface area contributed by atoms with Gasteiger partial charge in [0.2, 0.25) is 5.88 Å². The van der Waals surface area contributed by atoms with Crippen LogP contribution >= 0.6 is 0 Å². The van der Waals surface area contributed by atoms with Crippen LogP contribution in [0.1, 0.15) is 27.2 Å². The average Bonchev–Trinajstić information content (AvgIpc) is 2.90. The number of pyridine rings is 3. The molecule has 8 heteroatoms. The molecular weight excluding hydrogens is 485 g/mol. The number of fused-ring (bicyclic) bond motifs is 1. The van der Waals surface area contributed by atoms with Crippen molar-refractivity contribution in [2.24, 2.45) is 0 Å². The van der Waals surface area contributed by atoms with E-state index < -0.39 is 11.4 Å². The number of ether oxygens (including phenoxy) is 2. The second-order valence-electron chi connectivity index (χ2n) is 8.84. The highest BCUT2D eigenvalue weighted by Crippen LogP contribution is 2.29. The molecule has 0 aliphatic carbocycles. The Morgan fingerprint density at radius 1 is 0.974 bits per heavy atom. The Bertz CT molecular complexity index is 1710. The molecule has 0 N–H and O–H groups in total. The van der Waals surface area contributed by atoms with Crippen LogP contribution in [0.15, 0.2) is 83.8 Å². The Morgan fingerprint density at radius 3 is 2.42 bits per heavy atom. The molecule has 5 aromatic rings. The van der Waals surface area contributed by atoms with Gasteiger partial charge in [0.25, 0.3) is 5.56 Å². The van der Waals surface area contributed by atoms with E-state index in [1.807, 2.05) is 0 Å². The number of Topliss-reactive ketones (excluding diaryl/α,β-unsaturated/α-hetero) is 1. The summed E-state index contributed by atoms with van der Waals surface area (Å²) in [7, 11) is 1.54. The van der Waals surface area contributed by atoms with Crippen molar-refractivity contribution >= 4 is 16.8 Å². The number of benzene rings is 2. The maximum atomic E-state index is 13.4. The summed E-state index contributed by atoms with van der Waals surface area (Å²) in [6, 6.07) is 19.7. The lowest BCUT2D eigenvalue weighted by Gasteiger charge is -2.14. The first-order valence-electron chi connectivity index (χ1n) is 11.9. The number of rotatable bonds is 7. The number of hydrogen-bond donors (Lipinski definition) is 0. The Labute approximate surface area is 218 Å². The van der Waals surface area contributed by atoms with Gasteiger partial charge in [-0.3, -0.25) is 19.1 Å². The van der Waals surface area contributed by atoms with Crippen LogP contribution in [0.2, 0.25) is 0 Å². The molecule has 0 radical (unpaired) electrons. The van der Waals surface area contributed by atoms with E-state index in [1.54, 1.807) is 75.7 Å². The highest BCUT2D eigenvalue weighted by molar-refractivity contribution is 5.98. The van der Waals surface area contributed by atoms with Gasteiger partial charge in [0.15, 0.2) is 11.5 Å². The van der Waals surface area contributed by atoms with Crippen molar-refractivity contribution in [1.29, 1.82) is 0 Å². The first kappa shape index (κ1) is 24.8. The predicted molar refractivity (Wildman–Crippen MR) is 142 cm³/mol. The quantitative estimate of drug-likeness (QED) is 0.259. The number of carbonyl (C=O) groups is 1. The zero-order valence-corrected chi connectivity index (χ0v) is 21.1. The first-order valence-corrected chi connectivity index (χ1v) is 11.9. The number of hydrogen-bond acceptors (Lipinski definition) is 6. The average molecular weight is 510 g/mol. The largest absolute Gasteiger partial charge is 0.481 e. The molecule has 0 saturated heterocycles. The van der Waals surface area contributed by atoms with Crippen LogP contribution in [0.4, 0.5) is 4.39 Å². The molecule has 0 atom stereocenters. The number of aryl methyl sites for hydroxylation is 2. The Kier molecular flexibility index (Phi) is 6.70. The molecule has 3 heterocycles. The van der Waals surface area contributed by atoms with Crippen LogP contribution in [0.3, 0.4) is 0 Å². The van der Waals surface area contributed by atoms with Gasteiger partial charge in [-0.25, -0.2) is 9.37 Å². The van der Waals surface area contributed by atoms with E-state index in [2.05, 4.69) is 9.97 Å². The summed E-state index contributed by atoms with van der Waals surface area (Å²) < 4.78 is 26.1. The fourth-order valence-corrected chi connectivity index (χ4v) is 4.40. The molecule has 0 unspecified atom stereocenters. The lowest BCUT2D eigenvalue weighted by Crippen LogP contribution is -2.29. The van der Waals surface area contributed by atoms with Crippen LogP contribution in [0.5, 0.6) is 17.4 Å². The molecule has 0 spiro atoms. The number of nitrogens with zero attached hydrogens (tertiary/aromatic N) is 3. The van der Waals surface area contributed by atoms with Gasteiger partial charge < -0.3 is 9.47 Å². The number of ketones is 1. The predicted octanol–water partition coefficient (Wildman–Crippen LogP) is 5.76. The normalized spacial score (nSPS) is 10.9. The maximum absolute atomic E-state index is 13.4. The summed E-state index contributed by atoms with van der Waals surface area (Å²) in [5.74, 6) is 0.837. The first-order chi connectivity index (χ1) is 18.3. The van der Waals surface area contributed by atoms with Gasteiger partial charge in [0.1, 0.15) is 17.1 Å². The number of halogens is 1. The van der Waals surface area contributed by atoms with Crippen molar-refractivity contribution in [2.75, 3.05) is 7.11 Å². The molecule has 3 aromatic heterocycles. The fraction of sp³-hybridized carbons (Fsp3) is 0.133. The molecule has 5 rings (SSSR count). The minimum atomic E-state index is -0.424. The highest BCUT2D eigenvalue weighted by atomic mass is 19.1. The summed E-state index contributed by atoms with van der Waals surface area (Å²) in [5.41, 5.74) is 3.42. The zero-order valence-electron chi connectivity index (χ0n) is 21.1. The topological polar surface area (TPSA) is 83.3 Å². The van der Waals surface area contributed by atoms with E-state index in [-0.39, 0.29) is 17.8 Å². The van der Waals surface area contributed by atoms with Crippen LogP contribution < -0.4 is 15.0 Å². The molecule has 2 aromatic carbocycles. The summed E-state index contributed by atoms with van der Waals surface area (Å²) in [5, 5.41) is 0. The molecule has 0 aliphatic heterocycles. The Morgan fingerprint density at radius 2 is 1.71 bits per heavy atom. The summed E-state index contributed by atoms with van der Waals surface area (Å²) in [6.45, 7) is 3.53. The molecular formula is C30H24FN3O4. The van der Waals surface area contributed by atoms with Gasteiger partial charge in [0, 0.05) is 36.1 Å². The van der Waals surface area contributed by atoms with Crippen molar-refractivity contribution in [3.05, 3.63) is 118 Å². The van der Waals surface area contributed by atoms with Gasteiger partial charge >= 0.3 is 0 Å². The summed E-state index contributed by atoms with van der Waals surface area (Å²) in [6.07, 6.45) is 1.68. The van der Waals surface area contributed by atoms with Crippen molar-refractivity contribution in [2.45, 2.75) is 20.3 Å². The van der Waals surface area contributed by atoms with Crippen LogP contribution in [0.25, 0.3) is 16.7 Å². The van der Waals surface area contributed by atoms with Gasteiger partial charge in [0.05, 0.1) is 18.2 Å². The smallest absolute Gasteiger partial charge is 0.266 e. The monoisotopic (exact) mass is 509 g/mol. The third-order valence-electron chi connectivity index (χ3n) is 6.20. The van der Waals surface area contributed by atoms with Crippen molar-refractivity contribution in [3.63, 3.8) is 0 Å². The van der Waals surface area contributed by atoms with E-state index in [4.69, 9.17) is 9.47 Å². The van der Waals surface area contributed by atoms with Gasteiger partial charge in [-0.05, 0) is 73.5 Å². The molecule has 0 bridgehead atoms. The molecule has 0 aliphatic rings. The van der Waals surface area contributed by atoms with Gasteiger partial charge in [-0.1, -0.05) is 12.1 Å². The van der Waals surface area contributed by atoms with E-state index >= 15 is 0 Å². The van der Waals surface area contributed by atoms with Crippen LogP contribution in [-0.2, 0) is 6.42 Å². The van der Waals surface area contributed by atoms with Crippen molar-refractivity contribution < 1.29 is 18.7 Å².